The van der Waals surface area contributed by atoms with E-state index < -0.39 is 35.3 Å². The number of benzene rings is 2. The molecule has 0 aliphatic rings. The molecule has 2 aromatic carbocycles. The summed E-state index contributed by atoms with van der Waals surface area (Å²) in [6.45, 7) is 2.39. The van der Waals surface area contributed by atoms with Gasteiger partial charge in [-0.2, -0.15) is 0 Å². The maximum Gasteiger partial charge on any atom is 0.348 e. The van der Waals surface area contributed by atoms with E-state index in [1.165, 1.54) is 13.8 Å². The number of aliphatic hydroxyl groups is 4. The predicted molar refractivity (Wildman–Crippen MR) is 105 cm³/mol. The van der Waals surface area contributed by atoms with Crippen LogP contribution in [0.3, 0.4) is 0 Å². The summed E-state index contributed by atoms with van der Waals surface area (Å²) in [5.41, 5.74) is -3.75. The van der Waals surface area contributed by atoms with Crippen LogP contribution in [0.5, 0.6) is 0 Å². The lowest BCUT2D eigenvalue weighted by molar-refractivity contribution is -0.196. The summed E-state index contributed by atoms with van der Waals surface area (Å²) in [7, 11) is 0. The SMILES string of the molecule is CC(O)C(O)(Cc1ccccc1)C(=O)OC(=O)C(O)(Cc1ccccc1)C(C)O. The summed E-state index contributed by atoms with van der Waals surface area (Å²) >= 11 is 0. The standard InChI is InChI=1S/C22H26O7/c1-15(23)21(27,13-17-9-5-3-6-10-17)19(25)29-20(26)22(28,16(2)24)14-18-11-7-4-8-12-18/h3-12,15-16,23-24,27-28H,13-14H2,1-2H3. The minimum absolute atomic E-state index is 0.302. The van der Waals surface area contributed by atoms with Gasteiger partial charge in [-0.05, 0) is 25.0 Å². The van der Waals surface area contributed by atoms with Gasteiger partial charge >= 0.3 is 11.9 Å². The Balaban J connectivity index is 2.23. The Morgan fingerprint density at radius 3 is 1.34 bits per heavy atom. The van der Waals surface area contributed by atoms with Crippen LogP contribution in [0.25, 0.3) is 0 Å². The van der Waals surface area contributed by atoms with Crippen LogP contribution in [0.4, 0.5) is 0 Å². The Labute approximate surface area is 169 Å². The molecular formula is C22H26O7. The molecule has 4 N–H and O–H groups in total. The average Bonchev–Trinajstić information content (AvgIpc) is 2.68. The van der Waals surface area contributed by atoms with E-state index in [4.69, 9.17) is 4.74 Å². The van der Waals surface area contributed by atoms with Crippen molar-refractivity contribution >= 4 is 11.9 Å². The molecule has 29 heavy (non-hydrogen) atoms. The molecule has 4 unspecified atom stereocenters. The van der Waals surface area contributed by atoms with Gasteiger partial charge in [0.2, 0.25) is 0 Å². The number of carbonyl (C=O) groups is 2. The number of hydrogen-bond donors (Lipinski definition) is 4. The number of esters is 2. The summed E-state index contributed by atoms with van der Waals surface area (Å²) in [5, 5.41) is 41.4. The van der Waals surface area contributed by atoms with Gasteiger partial charge in [0.15, 0.2) is 11.2 Å². The average molecular weight is 402 g/mol. The first-order chi connectivity index (χ1) is 13.6. The fourth-order valence-electron chi connectivity index (χ4n) is 2.86. The smallest absolute Gasteiger partial charge is 0.348 e. The van der Waals surface area contributed by atoms with Crippen LogP contribution in [0.2, 0.25) is 0 Å². The largest absolute Gasteiger partial charge is 0.390 e. The van der Waals surface area contributed by atoms with Crippen LogP contribution in [-0.2, 0) is 27.2 Å². The zero-order chi connectivity index (χ0) is 21.7. The predicted octanol–water partition coefficient (Wildman–Crippen LogP) is 0.765. The number of ether oxygens (including phenoxy) is 1. The summed E-state index contributed by atoms with van der Waals surface area (Å²) in [6, 6.07) is 16.8. The molecule has 0 fully saturated rings. The molecular weight excluding hydrogens is 376 g/mol. The minimum atomic E-state index is -2.41. The molecule has 2 aromatic rings. The second-order valence-corrected chi connectivity index (χ2v) is 7.20. The van der Waals surface area contributed by atoms with Gasteiger partial charge in [0, 0.05) is 12.8 Å². The Morgan fingerprint density at radius 2 is 1.07 bits per heavy atom. The van der Waals surface area contributed by atoms with E-state index in [0.29, 0.717) is 11.1 Å². The van der Waals surface area contributed by atoms with Crippen molar-refractivity contribution in [2.24, 2.45) is 0 Å². The zero-order valence-electron chi connectivity index (χ0n) is 16.4. The fourth-order valence-corrected chi connectivity index (χ4v) is 2.86. The van der Waals surface area contributed by atoms with E-state index in [-0.39, 0.29) is 12.8 Å². The van der Waals surface area contributed by atoms with Crippen molar-refractivity contribution in [3.63, 3.8) is 0 Å². The molecule has 0 spiro atoms. The van der Waals surface area contributed by atoms with Gasteiger partial charge in [0.25, 0.3) is 0 Å². The number of carbonyl (C=O) groups excluding carboxylic acids is 2. The van der Waals surface area contributed by atoms with Crippen molar-refractivity contribution < 1.29 is 34.8 Å². The molecule has 156 valence electrons. The lowest BCUT2D eigenvalue weighted by Gasteiger charge is -2.32. The molecule has 0 bridgehead atoms. The highest BCUT2D eigenvalue weighted by molar-refractivity contribution is 5.94. The third-order valence-electron chi connectivity index (χ3n) is 4.91. The van der Waals surface area contributed by atoms with Gasteiger partial charge in [-0.3, -0.25) is 0 Å². The highest BCUT2D eigenvalue weighted by atomic mass is 16.6. The highest BCUT2D eigenvalue weighted by Gasteiger charge is 2.49. The molecule has 7 nitrogen and oxygen atoms in total. The first kappa shape index (κ1) is 22.7. The lowest BCUT2D eigenvalue weighted by Crippen LogP contribution is -2.56. The zero-order valence-corrected chi connectivity index (χ0v) is 16.4. The van der Waals surface area contributed by atoms with E-state index in [1.807, 2.05) is 0 Å². The van der Waals surface area contributed by atoms with Crippen molar-refractivity contribution in [3.8, 4) is 0 Å². The Kier molecular flexibility index (Phi) is 7.26. The molecule has 0 aliphatic heterocycles. The number of rotatable bonds is 8. The summed E-state index contributed by atoms with van der Waals surface area (Å²) in [6.07, 6.45) is -3.72. The van der Waals surface area contributed by atoms with Gasteiger partial charge in [-0.1, -0.05) is 60.7 Å². The van der Waals surface area contributed by atoms with Crippen LogP contribution in [0, 0.1) is 0 Å². The van der Waals surface area contributed by atoms with Gasteiger partial charge in [-0.15, -0.1) is 0 Å². The van der Waals surface area contributed by atoms with Crippen LogP contribution in [0.1, 0.15) is 25.0 Å². The summed E-state index contributed by atoms with van der Waals surface area (Å²) in [4.78, 5) is 25.2. The van der Waals surface area contributed by atoms with E-state index in [2.05, 4.69) is 0 Å². The third-order valence-corrected chi connectivity index (χ3v) is 4.91. The van der Waals surface area contributed by atoms with Crippen molar-refractivity contribution in [1.82, 2.24) is 0 Å². The third kappa shape index (κ3) is 5.27. The first-order valence-electron chi connectivity index (χ1n) is 9.25. The second-order valence-electron chi connectivity index (χ2n) is 7.20. The maximum absolute atomic E-state index is 12.6. The quantitative estimate of drug-likeness (QED) is 0.380. The monoisotopic (exact) mass is 402 g/mol. The van der Waals surface area contributed by atoms with Crippen LogP contribution in [0.15, 0.2) is 60.7 Å². The van der Waals surface area contributed by atoms with E-state index in [9.17, 15) is 30.0 Å². The Morgan fingerprint density at radius 1 is 0.759 bits per heavy atom. The fraction of sp³-hybridized carbons (Fsp3) is 0.364. The van der Waals surface area contributed by atoms with E-state index >= 15 is 0 Å². The van der Waals surface area contributed by atoms with E-state index in [1.54, 1.807) is 60.7 Å². The molecule has 0 heterocycles. The van der Waals surface area contributed by atoms with Crippen LogP contribution >= 0.6 is 0 Å². The van der Waals surface area contributed by atoms with Crippen molar-refractivity contribution in [1.29, 1.82) is 0 Å². The topological polar surface area (TPSA) is 124 Å². The van der Waals surface area contributed by atoms with Crippen LogP contribution < -0.4 is 0 Å². The molecule has 0 saturated carbocycles. The second kappa shape index (κ2) is 9.28. The normalized spacial score (nSPS) is 17.4. The van der Waals surface area contributed by atoms with Gasteiger partial charge in [0.1, 0.15) is 0 Å². The molecule has 0 radical (unpaired) electrons. The Hall–Kier alpha value is -2.58. The van der Waals surface area contributed by atoms with Gasteiger partial charge in [-0.25, -0.2) is 9.59 Å². The van der Waals surface area contributed by atoms with Crippen LogP contribution in [-0.4, -0.2) is 55.8 Å². The Bertz CT molecular complexity index is 750. The van der Waals surface area contributed by atoms with Gasteiger partial charge in [0.05, 0.1) is 12.2 Å². The lowest BCUT2D eigenvalue weighted by atomic mass is 9.88. The maximum atomic E-state index is 12.6. The van der Waals surface area contributed by atoms with E-state index in [0.717, 1.165) is 0 Å². The number of hydrogen-bond acceptors (Lipinski definition) is 7. The summed E-state index contributed by atoms with van der Waals surface area (Å²) < 4.78 is 4.75. The molecule has 2 rings (SSSR count). The summed E-state index contributed by atoms with van der Waals surface area (Å²) in [5.74, 6) is -2.82. The minimum Gasteiger partial charge on any atom is -0.390 e. The molecule has 0 saturated heterocycles. The molecule has 7 heteroatoms. The molecule has 0 aliphatic carbocycles. The molecule has 0 aromatic heterocycles. The molecule has 0 amide bonds. The van der Waals surface area contributed by atoms with Crippen molar-refractivity contribution in [2.75, 3.05) is 0 Å². The first-order valence-corrected chi connectivity index (χ1v) is 9.25. The molecule has 4 atom stereocenters. The van der Waals surface area contributed by atoms with Gasteiger partial charge < -0.3 is 25.2 Å². The van der Waals surface area contributed by atoms with Crippen molar-refractivity contribution in [3.05, 3.63) is 71.8 Å². The van der Waals surface area contributed by atoms with Crippen molar-refractivity contribution in [2.45, 2.75) is 50.1 Å². The highest BCUT2D eigenvalue weighted by Crippen LogP contribution is 2.24. The number of aliphatic hydroxyl groups excluding tert-OH is 2.